The van der Waals surface area contributed by atoms with Crippen LogP contribution in [0.15, 0.2) is 53.4 Å². The molecule has 1 saturated heterocycles. The monoisotopic (exact) mass is 396 g/mol. The molecule has 0 N–H and O–H groups in total. The molecule has 1 aliphatic rings. The second-order valence-electron chi connectivity index (χ2n) is 5.61. The van der Waals surface area contributed by atoms with Crippen LogP contribution in [0, 0.1) is 11.3 Å². The van der Waals surface area contributed by atoms with Gasteiger partial charge in [0.05, 0.1) is 18.6 Å². The Labute approximate surface area is 167 Å². The van der Waals surface area contributed by atoms with Crippen LogP contribution < -0.4 is 9.47 Å². The van der Waals surface area contributed by atoms with Crippen molar-refractivity contribution in [2.75, 3.05) is 13.7 Å². The molecule has 27 heavy (non-hydrogen) atoms. The van der Waals surface area contributed by atoms with E-state index < -0.39 is 0 Å². The third-order valence-corrected chi connectivity index (χ3v) is 5.21. The SMILES string of the molecule is COc1cc(/C=C2/SC(=S)N(Cc3ccccc3)C2=O)ccc1OCC#N. The van der Waals surface area contributed by atoms with E-state index in [0.29, 0.717) is 27.3 Å². The molecule has 1 amide bonds. The van der Waals surface area contributed by atoms with E-state index in [4.69, 9.17) is 27.0 Å². The lowest BCUT2D eigenvalue weighted by atomic mass is 10.1. The summed E-state index contributed by atoms with van der Waals surface area (Å²) in [5.74, 6) is 0.865. The van der Waals surface area contributed by atoms with Gasteiger partial charge in [0, 0.05) is 0 Å². The average molecular weight is 396 g/mol. The third kappa shape index (κ3) is 4.48. The van der Waals surface area contributed by atoms with Gasteiger partial charge >= 0.3 is 0 Å². The number of carbonyl (C=O) groups is 1. The number of amides is 1. The van der Waals surface area contributed by atoms with E-state index in [1.807, 2.05) is 36.4 Å². The maximum absolute atomic E-state index is 12.7. The summed E-state index contributed by atoms with van der Waals surface area (Å²) in [4.78, 5) is 14.9. The molecule has 5 nitrogen and oxygen atoms in total. The first-order valence-electron chi connectivity index (χ1n) is 8.09. The van der Waals surface area contributed by atoms with Gasteiger partial charge in [-0.3, -0.25) is 9.69 Å². The lowest BCUT2D eigenvalue weighted by Gasteiger charge is -2.14. The zero-order valence-corrected chi connectivity index (χ0v) is 16.2. The molecular formula is C20H16N2O3S2. The number of benzene rings is 2. The van der Waals surface area contributed by atoms with E-state index >= 15 is 0 Å². The number of rotatable bonds is 6. The molecule has 0 saturated carbocycles. The first kappa shape index (κ1) is 19.0. The van der Waals surface area contributed by atoms with Crippen LogP contribution in [0.1, 0.15) is 11.1 Å². The van der Waals surface area contributed by atoms with Gasteiger partial charge in [0.15, 0.2) is 18.1 Å². The van der Waals surface area contributed by atoms with Gasteiger partial charge in [0.25, 0.3) is 5.91 Å². The molecule has 1 aliphatic heterocycles. The largest absolute Gasteiger partial charge is 0.493 e. The van der Waals surface area contributed by atoms with Gasteiger partial charge in [-0.2, -0.15) is 5.26 Å². The summed E-state index contributed by atoms with van der Waals surface area (Å²) in [6, 6.07) is 16.9. The smallest absolute Gasteiger partial charge is 0.266 e. The maximum Gasteiger partial charge on any atom is 0.266 e. The molecule has 7 heteroatoms. The number of thioether (sulfide) groups is 1. The summed E-state index contributed by atoms with van der Waals surface area (Å²) in [6.07, 6.45) is 1.78. The van der Waals surface area contributed by atoms with E-state index in [1.54, 1.807) is 29.2 Å². The predicted molar refractivity (Wildman–Crippen MR) is 109 cm³/mol. The first-order chi connectivity index (χ1) is 13.1. The average Bonchev–Trinajstić information content (AvgIpc) is 2.95. The van der Waals surface area contributed by atoms with Crippen LogP contribution in [0.5, 0.6) is 11.5 Å². The first-order valence-corrected chi connectivity index (χ1v) is 9.32. The summed E-state index contributed by atoms with van der Waals surface area (Å²) < 4.78 is 11.2. The fourth-order valence-electron chi connectivity index (χ4n) is 2.56. The molecule has 1 fully saturated rings. The quantitative estimate of drug-likeness (QED) is 0.543. The van der Waals surface area contributed by atoms with Crippen LogP contribution in [0.4, 0.5) is 0 Å². The van der Waals surface area contributed by atoms with E-state index in [1.165, 1.54) is 18.9 Å². The molecular weight excluding hydrogens is 380 g/mol. The summed E-state index contributed by atoms with van der Waals surface area (Å²) in [5, 5.41) is 8.64. The summed E-state index contributed by atoms with van der Waals surface area (Å²) >= 11 is 6.66. The van der Waals surface area contributed by atoms with Gasteiger partial charge in [-0.1, -0.05) is 60.4 Å². The zero-order chi connectivity index (χ0) is 19.2. The van der Waals surface area contributed by atoms with Crippen molar-refractivity contribution in [2.45, 2.75) is 6.54 Å². The Morgan fingerprint density at radius 3 is 2.70 bits per heavy atom. The number of methoxy groups -OCH3 is 1. The van der Waals surface area contributed by atoms with Gasteiger partial charge in [0.2, 0.25) is 0 Å². The van der Waals surface area contributed by atoms with Crippen LogP contribution in [-0.4, -0.2) is 28.8 Å². The molecule has 2 aromatic carbocycles. The molecule has 1 heterocycles. The van der Waals surface area contributed by atoms with Crippen molar-refractivity contribution < 1.29 is 14.3 Å². The van der Waals surface area contributed by atoms with E-state index in [2.05, 4.69) is 0 Å². The summed E-state index contributed by atoms with van der Waals surface area (Å²) in [5.41, 5.74) is 1.81. The number of ether oxygens (including phenoxy) is 2. The Bertz CT molecular complexity index is 936. The Hall–Kier alpha value is -2.82. The maximum atomic E-state index is 12.7. The van der Waals surface area contributed by atoms with Crippen molar-refractivity contribution >= 4 is 40.3 Å². The van der Waals surface area contributed by atoms with Crippen LogP contribution in [-0.2, 0) is 11.3 Å². The number of hydrogen-bond acceptors (Lipinski definition) is 6. The molecule has 2 aromatic rings. The molecule has 136 valence electrons. The topological polar surface area (TPSA) is 62.6 Å². The third-order valence-electron chi connectivity index (χ3n) is 3.83. The van der Waals surface area contributed by atoms with Crippen molar-refractivity contribution in [3.05, 3.63) is 64.6 Å². The highest BCUT2D eigenvalue weighted by Gasteiger charge is 2.31. The van der Waals surface area contributed by atoms with Gasteiger partial charge in [-0.25, -0.2) is 0 Å². The standard InChI is InChI=1S/C20H16N2O3S2/c1-24-17-11-15(7-8-16(17)25-10-9-21)12-18-19(23)22(20(26)27-18)13-14-5-3-2-4-6-14/h2-8,11-12H,10,13H2,1H3/b18-12+. The van der Waals surface area contributed by atoms with Crippen molar-refractivity contribution in [1.29, 1.82) is 5.26 Å². The van der Waals surface area contributed by atoms with Crippen LogP contribution >= 0.6 is 24.0 Å². The molecule has 0 radical (unpaired) electrons. The number of carbonyl (C=O) groups excluding carboxylic acids is 1. The zero-order valence-electron chi connectivity index (χ0n) is 14.5. The fourth-order valence-corrected chi connectivity index (χ4v) is 3.81. The van der Waals surface area contributed by atoms with Crippen molar-refractivity contribution in [3.8, 4) is 17.6 Å². The highest BCUT2D eigenvalue weighted by atomic mass is 32.2. The van der Waals surface area contributed by atoms with Crippen molar-refractivity contribution in [1.82, 2.24) is 4.90 Å². The molecule has 0 bridgehead atoms. The molecule has 3 rings (SSSR count). The van der Waals surface area contributed by atoms with Gasteiger partial charge in [0.1, 0.15) is 10.4 Å². The normalized spacial score (nSPS) is 15.1. The second-order valence-corrected chi connectivity index (χ2v) is 7.29. The highest BCUT2D eigenvalue weighted by molar-refractivity contribution is 8.26. The van der Waals surface area contributed by atoms with Gasteiger partial charge in [-0.05, 0) is 29.3 Å². The van der Waals surface area contributed by atoms with Crippen LogP contribution in [0.3, 0.4) is 0 Å². The van der Waals surface area contributed by atoms with Gasteiger partial charge in [-0.15, -0.1) is 0 Å². The van der Waals surface area contributed by atoms with Crippen molar-refractivity contribution in [2.24, 2.45) is 0 Å². The Balaban J connectivity index is 1.80. The number of thiocarbonyl (C=S) groups is 1. The lowest BCUT2D eigenvalue weighted by Crippen LogP contribution is -2.27. The number of nitriles is 1. The fraction of sp³-hybridized carbons (Fsp3) is 0.150. The molecule has 0 unspecified atom stereocenters. The Morgan fingerprint density at radius 2 is 2.00 bits per heavy atom. The van der Waals surface area contributed by atoms with Crippen LogP contribution in [0.25, 0.3) is 6.08 Å². The molecule has 0 atom stereocenters. The van der Waals surface area contributed by atoms with Crippen molar-refractivity contribution in [3.63, 3.8) is 0 Å². The Morgan fingerprint density at radius 1 is 1.22 bits per heavy atom. The highest BCUT2D eigenvalue weighted by Crippen LogP contribution is 2.35. The lowest BCUT2D eigenvalue weighted by molar-refractivity contribution is -0.122. The van der Waals surface area contributed by atoms with E-state index in [-0.39, 0.29) is 12.5 Å². The van der Waals surface area contributed by atoms with Gasteiger partial charge < -0.3 is 9.47 Å². The van der Waals surface area contributed by atoms with E-state index in [9.17, 15) is 4.79 Å². The van der Waals surface area contributed by atoms with E-state index in [0.717, 1.165) is 11.1 Å². The van der Waals surface area contributed by atoms with Crippen LogP contribution in [0.2, 0.25) is 0 Å². The number of hydrogen-bond donors (Lipinski definition) is 0. The number of nitrogens with zero attached hydrogens (tertiary/aromatic N) is 2. The minimum Gasteiger partial charge on any atom is -0.493 e. The minimum atomic E-state index is -0.113. The molecule has 0 aliphatic carbocycles. The molecule has 0 spiro atoms. The second kappa shape index (κ2) is 8.71. The Kier molecular flexibility index (Phi) is 6.12. The summed E-state index contributed by atoms with van der Waals surface area (Å²) in [7, 11) is 1.53. The minimum absolute atomic E-state index is 0.0617. The molecule has 0 aromatic heterocycles. The predicted octanol–water partition coefficient (Wildman–Crippen LogP) is 4.00. The summed E-state index contributed by atoms with van der Waals surface area (Å²) in [6.45, 7) is 0.390.